The number of hydrogen-bond donors (Lipinski definition) is 1. The molecule has 21 heavy (non-hydrogen) atoms. The predicted octanol–water partition coefficient (Wildman–Crippen LogP) is 2.77. The quantitative estimate of drug-likeness (QED) is 0.931. The van der Waals surface area contributed by atoms with Gasteiger partial charge in [0.2, 0.25) is 0 Å². The largest absolute Gasteiger partial charge is 0.480 e. The van der Waals surface area contributed by atoms with Crippen molar-refractivity contribution in [1.29, 1.82) is 0 Å². The molecule has 0 radical (unpaired) electrons. The number of nitrogens with zero attached hydrogens (tertiary/aromatic N) is 2. The van der Waals surface area contributed by atoms with Crippen LogP contribution in [0.3, 0.4) is 0 Å². The summed E-state index contributed by atoms with van der Waals surface area (Å²) in [6.45, 7) is 8.60. The van der Waals surface area contributed by atoms with Crippen LogP contribution in [-0.2, 0) is 4.79 Å². The number of carboxylic acids is 1. The van der Waals surface area contributed by atoms with Crippen molar-refractivity contribution in [3.63, 3.8) is 0 Å². The van der Waals surface area contributed by atoms with Crippen LogP contribution in [0.4, 0.5) is 0 Å². The molecule has 0 unspecified atom stereocenters. The fraction of sp³-hybridized carbons (Fsp3) is 0.625. The van der Waals surface area contributed by atoms with Crippen molar-refractivity contribution >= 4 is 11.9 Å². The van der Waals surface area contributed by atoms with E-state index in [9.17, 15) is 14.7 Å². The molecule has 1 aliphatic heterocycles. The van der Waals surface area contributed by atoms with E-state index in [1.54, 1.807) is 0 Å². The fourth-order valence-electron chi connectivity index (χ4n) is 3.37. The van der Waals surface area contributed by atoms with Gasteiger partial charge < -0.3 is 14.6 Å². The smallest absolute Gasteiger partial charge is 0.326 e. The van der Waals surface area contributed by atoms with E-state index in [0.717, 1.165) is 24.2 Å². The molecule has 2 rings (SSSR count). The lowest BCUT2D eigenvalue weighted by atomic mass is 10.0. The fourth-order valence-corrected chi connectivity index (χ4v) is 3.37. The van der Waals surface area contributed by atoms with Crippen molar-refractivity contribution < 1.29 is 14.7 Å². The van der Waals surface area contributed by atoms with Crippen LogP contribution in [0.25, 0.3) is 0 Å². The number of hydrogen-bond acceptors (Lipinski definition) is 2. The summed E-state index contributed by atoms with van der Waals surface area (Å²) in [7, 11) is 0. The molecule has 1 aromatic rings. The van der Waals surface area contributed by atoms with Crippen LogP contribution >= 0.6 is 0 Å². The highest BCUT2D eigenvalue weighted by atomic mass is 16.4. The SMILES string of the molecule is Cc1cc(C(=O)N2CCCC[C@H]2C(=O)O)c(C)n1C(C)C. The van der Waals surface area contributed by atoms with Crippen molar-refractivity contribution in [1.82, 2.24) is 9.47 Å². The number of aryl methyl sites for hydroxylation is 1. The van der Waals surface area contributed by atoms with Gasteiger partial charge in [-0.1, -0.05) is 0 Å². The minimum absolute atomic E-state index is 0.151. The van der Waals surface area contributed by atoms with Gasteiger partial charge in [0.15, 0.2) is 0 Å². The van der Waals surface area contributed by atoms with Gasteiger partial charge >= 0.3 is 5.97 Å². The number of carbonyl (C=O) groups excluding carboxylic acids is 1. The van der Waals surface area contributed by atoms with E-state index in [1.807, 2.05) is 19.9 Å². The Bertz CT molecular complexity index is 560. The molecular formula is C16H24N2O3. The lowest BCUT2D eigenvalue weighted by molar-refractivity contribution is -0.143. The van der Waals surface area contributed by atoms with E-state index < -0.39 is 12.0 Å². The maximum atomic E-state index is 12.8. The zero-order chi connectivity index (χ0) is 15.7. The average molecular weight is 292 g/mol. The maximum Gasteiger partial charge on any atom is 0.326 e. The predicted molar refractivity (Wildman–Crippen MR) is 80.6 cm³/mol. The van der Waals surface area contributed by atoms with E-state index in [1.165, 1.54) is 4.90 Å². The van der Waals surface area contributed by atoms with Crippen LogP contribution in [-0.4, -0.2) is 39.0 Å². The summed E-state index contributed by atoms with van der Waals surface area (Å²) in [5, 5.41) is 9.32. The Morgan fingerprint density at radius 3 is 2.48 bits per heavy atom. The molecule has 0 bridgehead atoms. The number of piperidine rings is 1. The number of amides is 1. The molecule has 0 saturated carbocycles. The third kappa shape index (κ3) is 2.82. The standard InChI is InChI=1S/C16H24N2O3/c1-10(2)18-11(3)9-13(12(18)4)15(19)17-8-6-5-7-14(17)16(20)21/h9-10,14H,5-8H2,1-4H3,(H,20,21)/t14-/m0/s1. The lowest BCUT2D eigenvalue weighted by Gasteiger charge is -2.33. The van der Waals surface area contributed by atoms with E-state index >= 15 is 0 Å². The summed E-state index contributed by atoms with van der Waals surface area (Å²) in [6, 6.07) is 1.47. The first-order valence-electron chi connectivity index (χ1n) is 7.56. The number of aromatic nitrogens is 1. The van der Waals surface area contributed by atoms with Gasteiger partial charge in [-0.05, 0) is 53.0 Å². The summed E-state index contributed by atoms with van der Waals surface area (Å²) in [5.41, 5.74) is 2.59. The Labute approximate surface area is 125 Å². The van der Waals surface area contributed by atoms with Crippen LogP contribution in [0.15, 0.2) is 6.07 Å². The molecule has 2 heterocycles. The molecule has 1 fully saturated rings. The van der Waals surface area contributed by atoms with E-state index in [-0.39, 0.29) is 11.9 Å². The third-order valence-electron chi connectivity index (χ3n) is 4.28. The van der Waals surface area contributed by atoms with Crippen LogP contribution in [0.1, 0.15) is 60.9 Å². The van der Waals surface area contributed by atoms with Gasteiger partial charge in [0.1, 0.15) is 6.04 Å². The van der Waals surface area contributed by atoms with E-state index in [2.05, 4.69) is 18.4 Å². The zero-order valence-corrected chi connectivity index (χ0v) is 13.2. The van der Waals surface area contributed by atoms with Crippen molar-refractivity contribution in [2.24, 2.45) is 0 Å². The molecule has 0 aromatic carbocycles. The van der Waals surface area contributed by atoms with Gasteiger partial charge in [-0.3, -0.25) is 4.79 Å². The summed E-state index contributed by atoms with van der Waals surface area (Å²) in [4.78, 5) is 25.7. The number of rotatable bonds is 3. The average Bonchev–Trinajstić information content (AvgIpc) is 2.73. The Morgan fingerprint density at radius 1 is 1.29 bits per heavy atom. The van der Waals surface area contributed by atoms with Crippen LogP contribution < -0.4 is 0 Å². The topological polar surface area (TPSA) is 62.5 Å². The monoisotopic (exact) mass is 292 g/mol. The minimum atomic E-state index is -0.902. The maximum absolute atomic E-state index is 12.8. The Hall–Kier alpha value is -1.78. The number of likely N-dealkylation sites (tertiary alicyclic amines) is 1. The first kappa shape index (κ1) is 15.6. The first-order valence-corrected chi connectivity index (χ1v) is 7.56. The molecule has 116 valence electrons. The molecule has 1 aromatic heterocycles. The second kappa shape index (κ2) is 5.92. The molecule has 5 nitrogen and oxygen atoms in total. The van der Waals surface area contributed by atoms with Gasteiger partial charge in [0, 0.05) is 24.0 Å². The van der Waals surface area contributed by atoms with Crippen LogP contribution in [0.5, 0.6) is 0 Å². The van der Waals surface area contributed by atoms with E-state index in [0.29, 0.717) is 18.5 Å². The second-order valence-electron chi connectivity index (χ2n) is 6.10. The summed E-state index contributed by atoms with van der Waals surface area (Å²) < 4.78 is 2.12. The minimum Gasteiger partial charge on any atom is -0.480 e. The number of aliphatic carboxylic acids is 1. The Balaban J connectivity index is 2.35. The van der Waals surface area contributed by atoms with Crippen molar-refractivity contribution in [3.05, 3.63) is 23.0 Å². The third-order valence-corrected chi connectivity index (χ3v) is 4.28. The number of carbonyl (C=O) groups is 2. The van der Waals surface area contributed by atoms with Crippen molar-refractivity contribution in [2.45, 2.75) is 59.0 Å². The van der Waals surface area contributed by atoms with Crippen LogP contribution in [0.2, 0.25) is 0 Å². The van der Waals surface area contributed by atoms with Gasteiger partial charge in [0.05, 0.1) is 5.56 Å². The highest BCUT2D eigenvalue weighted by Crippen LogP contribution is 2.25. The molecule has 1 amide bonds. The number of carboxylic acid groups (broad SMARTS) is 1. The summed E-state index contributed by atoms with van der Waals surface area (Å²) >= 11 is 0. The summed E-state index contributed by atoms with van der Waals surface area (Å²) in [6.07, 6.45) is 2.29. The normalized spacial score (nSPS) is 19.1. The Kier molecular flexibility index (Phi) is 4.40. The Morgan fingerprint density at radius 2 is 1.95 bits per heavy atom. The molecule has 0 spiro atoms. The van der Waals surface area contributed by atoms with Gasteiger partial charge in [-0.2, -0.15) is 0 Å². The van der Waals surface area contributed by atoms with Gasteiger partial charge in [-0.25, -0.2) is 4.79 Å². The molecule has 5 heteroatoms. The van der Waals surface area contributed by atoms with Crippen LogP contribution in [0, 0.1) is 13.8 Å². The molecular weight excluding hydrogens is 268 g/mol. The molecule has 1 atom stereocenters. The molecule has 1 aliphatic rings. The highest BCUT2D eigenvalue weighted by molar-refractivity contribution is 5.98. The second-order valence-corrected chi connectivity index (χ2v) is 6.10. The zero-order valence-electron chi connectivity index (χ0n) is 13.2. The van der Waals surface area contributed by atoms with Crippen molar-refractivity contribution in [3.8, 4) is 0 Å². The van der Waals surface area contributed by atoms with Crippen molar-refractivity contribution in [2.75, 3.05) is 6.54 Å². The summed E-state index contributed by atoms with van der Waals surface area (Å²) in [5.74, 6) is -1.05. The lowest BCUT2D eigenvalue weighted by Crippen LogP contribution is -2.48. The van der Waals surface area contributed by atoms with Gasteiger partial charge in [0.25, 0.3) is 5.91 Å². The molecule has 1 N–H and O–H groups in total. The first-order chi connectivity index (χ1) is 9.84. The molecule has 0 aliphatic carbocycles. The van der Waals surface area contributed by atoms with Gasteiger partial charge in [-0.15, -0.1) is 0 Å². The molecule has 1 saturated heterocycles. The highest BCUT2D eigenvalue weighted by Gasteiger charge is 2.33. The van der Waals surface area contributed by atoms with E-state index in [4.69, 9.17) is 0 Å².